The molecule has 1 aromatic heterocycles. The maximum atomic E-state index is 6.16. The molecule has 0 bridgehead atoms. The summed E-state index contributed by atoms with van der Waals surface area (Å²) >= 11 is 1.75. The van der Waals surface area contributed by atoms with E-state index in [1.165, 1.54) is 42.8 Å². The molecule has 1 saturated carbocycles. The standard InChI is InChI=1S/C14H24N2S/c1-3-10(4-2)12-13(15)17-14(16-12)11-8-6-5-7-9-11/h10-11H,3-9,15H2,1-2H3. The van der Waals surface area contributed by atoms with E-state index in [4.69, 9.17) is 10.7 Å². The fraction of sp³-hybridized carbons (Fsp3) is 0.786. The van der Waals surface area contributed by atoms with Crippen molar-refractivity contribution in [1.82, 2.24) is 4.98 Å². The third-order valence-corrected chi connectivity index (χ3v) is 5.09. The zero-order valence-corrected chi connectivity index (χ0v) is 11.9. The lowest BCUT2D eigenvalue weighted by Crippen LogP contribution is -2.05. The van der Waals surface area contributed by atoms with Crippen molar-refractivity contribution in [3.05, 3.63) is 10.7 Å². The SMILES string of the molecule is CCC(CC)c1nc(C2CCCCC2)sc1N. The number of nitrogens with two attached hydrogens (primary N) is 1. The molecule has 17 heavy (non-hydrogen) atoms. The number of rotatable bonds is 4. The molecule has 1 fully saturated rings. The molecule has 96 valence electrons. The molecule has 1 aliphatic rings. The molecule has 2 rings (SSSR count). The minimum atomic E-state index is 0.559. The van der Waals surface area contributed by atoms with Crippen molar-refractivity contribution in [2.45, 2.75) is 70.6 Å². The summed E-state index contributed by atoms with van der Waals surface area (Å²) in [7, 11) is 0. The van der Waals surface area contributed by atoms with E-state index in [2.05, 4.69) is 13.8 Å². The molecule has 0 saturated heterocycles. The van der Waals surface area contributed by atoms with Crippen molar-refractivity contribution in [1.29, 1.82) is 0 Å². The van der Waals surface area contributed by atoms with Crippen molar-refractivity contribution in [2.75, 3.05) is 5.73 Å². The Morgan fingerprint density at radius 2 is 1.88 bits per heavy atom. The van der Waals surface area contributed by atoms with Gasteiger partial charge < -0.3 is 5.73 Å². The molecule has 0 atom stereocenters. The van der Waals surface area contributed by atoms with Crippen LogP contribution >= 0.6 is 11.3 Å². The Labute approximate surface area is 109 Å². The highest BCUT2D eigenvalue weighted by atomic mass is 32.1. The average Bonchev–Trinajstić information content (AvgIpc) is 2.75. The van der Waals surface area contributed by atoms with Gasteiger partial charge >= 0.3 is 0 Å². The van der Waals surface area contributed by atoms with Gasteiger partial charge in [-0.2, -0.15) is 0 Å². The van der Waals surface area contributed by atoms with Crippen LogP contribution in [0.15, 0.2) is 0 Å². The Morgan fingerprint density at radius 3 is 2.47 bits per heavy atom. The predicted molar refractivity (Wildman–Crippen MR) is 75.7 cm³/mol. The van der Waals surface area contributed by atoms with Crippen LogP contribution in [0.3, 0.4) is 0 Å². The highest BCUT2D eigenvalue weighted by molar-refractivity contribution is 7.15. The van der Waals surface area contributed by atoms with Crippen LogP contribution in [0.2, 0.25) is 0 Å². The molecule has 0 aliphatic heterocycles. The lowest BCUT2D eigenvalue weighted by atomic mass is 9.90. The van der Waals surface area contributed by atoms with Gasteiger partial charge in [0, 0.05) is 11.8 Å². The van der Waals surface area contributed by atoms with Crippen LogP contribution < -0.4 is 5.73 Å². The van der Waals surface area contributed by atoms with E-state index in [-0.39, 0.29) is 0 Å². The highest BCUT2D eigenvalue weighted by Gasteiger charge is 2.22. The van der Waals surface area contributed by atoms with E-state index in [0.717, 1.165) is 17.8 Å². The van der Waals surface area contributed by atoms with E-state index in [0.29, 0.717) is 11.8 Å². The number of thiazole rings is 1. The smallest absolute Gasteiger partial charge is 0.110 e. The third-order valence-electron chi connectivity index (χ3n) is 4.02. The number of aromatic nitrogens is 1. The number of hydrogen-bond donors (Lipinski definition) is 1. The molecule has 2 N–H and O–H groups in total. The Morgan fingerprint density at radius 1 is 1.24 bits per heavy atom. The number of nitrogen functional groups attached to an aromatic ring is 1. The van der Waals surface area contributed by atoms with E-state index in [9.17, 15) is 0 Å². The fourth-order valence-corrected chi connectivity index (χ4v) is 3.94. The van der Waals surface area contributed by atoms with E-state index in [1.807, 2.05) is 0 Å². The summed E-state index contributed by atoms with van der Waals surface area (Å²) in [5.74, 6) is 1.25. The van der Waals surface area contributed by atoms with Crippen LogP contribution in [0.4, 0.5) is 5.00 Å². The van der Waals surface area contributed by atoms with Gasteiger partial charge in [0.2, 0.25) is 0 Å². The zero-order chi connectivity index (χ0) is 12.3. The van der Waals surface area contributed by atoms with Crippen LogP contribution in [0, 0.1) is 0 Å². The second-order valence-electron chi connectivity index (χ2n) is 5.15. The second-order valence-corrected chi connectivity index (χ2v) is 6.21. The molecule has 0 aromatic carbocycles. The molecule has 2 nitrogen and oxygen atoms in total. The largest absolute Gasteiger partial charge is 0.389 e. The quantitative estimate of drug-likeness (QED) is 0.845. The molecule has 0 amide bonds. The average molecular weight is 252 g/mol. The summed E-state index contributed by atoms with van der Waals surface area (Å²) in [6, 6.07) is 0. The van der Waals surface area contributed by atoms with E-state index in [1.54, 1.807) is 11.3 Å². The third kappa shape index (κ3) is 2.82. The van der Waals surface area contributed by atoms with Crippen LogP contribution in [0.25, 0.3) is 0 Å². The van der Waals surface area contributed by atoms with Crippen molar-refractivity contribution in [2.24, 2.45) is 0 Å². The first kappa shape index (κ1) is 12.9. The number of hydrogen-bond acceptors (Lipinski definition) is 3. The molecule has 0 unspecified atom stereocenters. The van der Waals surface area contributed by atoms with Gasteiger partial charge in [-0.1, -0.05) is 33.1 Å². The van der Waals surface area contributed by atoms with Crippen molar-refractivity contribution in [3.63, 3.8) is 0 Å². The van der Waals surface area contributed by atoms with E-state index >= 15 is 0 Å². The topological polar surface area (TPSA) is 38.9 Å². The first-order chi connectivity index (χ1) is 8.26. The van der Waals surface area contributed by atoms with Gasteiger partial charge in [-0.05, 0) is 25.7 Å². The van der Waals surface area contributed by atoms with Gasteiger partial charge in [0.25, 0.3) is 0 Å². The van der Waals surface area contributed by atoms with Crippen LogP contribution in [-0.2, 0) is 0 Å². The molecule has 1 heterocycles. The highest BCUT2D eigenvalue weighted by Crippen LogP contribution is 2.39. The monoisotopic (exact) mass is 252 g/mol. The van der Waals surface area contributed by atoms with E-state index < -0.39 is 0 Å². The summed E-state index contributed by atoms with van der Waals surface area (Å²) in [5.41, 5.74) is 7.34. The second kappa shape index (κ2) is 5.85. The summed E-state index contributed by atoms with van der Waals surface area (Å²) in [6.07, 6.45) is 9.05. The minimum absolute atomic E-state index is 0.559. The summed E-state index contributed by atoms with van der Waals surface area (Å²) in [5, 5.41) is 2.28. The molecule has 0 radical (unpaired) electrons. The number of nitrogens with zero attached hydrogens (tertiary/aromatic N) is 1. The fourth-order valence-electron chi connectivity index (χ4n) is 2.85. The maximum absolute atomic E-state index is 6.16. The van der Waals surface area contributed by atoms with Gasteiger partial charge in [-0.25, -0.2) is 4.98 Å². The minimum Gasteiger partial charge on any atom is -0.389 e. The van der Waals surface area contributed by atoms with Crippen LogP contribution in [0.5, 0.6) is 0 Å². The van der Waals surface area contributed by atoms with Crippen LogP contribution in [-0.4, -0.2) is 4.98 Å². The molecule has 3 heteroatoms. The molecule has 0 spiro atoms. The maximum Gasteiger partial charge on any atom is 0.110 e. The predicted octanol–water partition coefficient (Wildman–Crippen LogP) is 4.68. The Kier molecular flexibility index (Phi) is 4.43. The summed E-state index contributed by atoms with van der Waals surface area (Å²) < 4.78 is 0. The lowest BCUT2D eigenvalue weighted by molar-refractivity contribution is 0.441. The van der Waals surface area contributed by atoms with Crippen LogP contribution in [0.1, 0.15) is 81.3 Å². The summed E-state index contributed by atoms with van der Waals surface area (Å²) in [6.45, 7) is 4.46. The van der Waals surface area contributed by atoms with Crippen molar-refractivity contribution in [3.8, 4) is 0 Å². The van der Waals surface area contributed by atoms with Gasteiger partial charge in [0.05, 0.1) is 10.7 Å². The first-order valence-corrected chi connectivity index (χ1v) is 7.84. The van der Waals surface area contributed by atoms with Gasteiger partial charge in [-0.3, -0.25) is 0 Å². The molecule has 1 aliphatic carbocycles. The van der Waals surface area contributed by atoms with Gasteiger partial charge in [0.15, 0.2) is 0 Å². The lowest BCUT2D eigenvalue weighted by Gasteiger charge is -2.19. The summed E-state index contributed by atoms with van der Waals surface area (Å²) in [4.78, 5) is 4.87. The Balaban J connectivity index is 2.16. The van der Waals surface area contributed by atoms with Gasteiger partial charge in [-0.15, -0.1) is 11.3 Å². The molecular weight excluding hydrogens is 228 g/mol. The Bertz CT molecular complexity index is 349. The first-order valence-electron chi connectivity index (χ1n) is 7.02. The molecular formula is C14H24N2S. The van der Waals surface area contributed by atoms with Crippen molar-refractivity contribution < 1.29 is 0 Å². The zero-order valence-electron chi connectivity index (χ0n) is 11.0. The van der Waals surface area contributed by atoms with Gasteiger partial charge in [0.1, 0.15) is 5.00 Å². The van der Waals surface area contributed by atoms with Crippen molar-refractivity contribution >= 4 is 16.3 Å². The normalized spacial score (nSPS) is 17.8. The molecule has 1 aromatic rings. The Hall–Kier alpha value is -0.570. The number of anilines is 1.